The van der Waals surface area contributed by atoms with Gasteiger partial charge in [-0.3, -0.25) is 0 Å². The zero-order valence-electron chi connectivity index (χ0n) is 4.30. The van der Waals surface area contributed by atoms with E-state index in [-0.39, 0.29) is 0 Å². The summed E-state index contributed by atoms with van der Waals surface area (Å²) in [5, 5.41) is 14.8. The highest BCUT2D eigenvalue weighted by Gasteiger charge is 1.65. The third kappa shape index (κ3) is 234. The Balaban J connectivity index is 0. The number of rotatable bonds is 0. The van der Waals surface area contributed by atoms with Crippen molar-refractivity contribution in [1.82, 2.24) is 0 Å². The molecular formula is CH3NO6S-2. The summed E-state index contributed by atoms with van der Waals surface area (Å²) >= 11 is 0. The summed E-state index contributed by atoms with van der Waals surface area (Å²) in [6, 6.07) is 0. The van der Waals surface area contributed by atoms with E-state index < -0.39 is 15.2 Å². The Bertz CT molecular complexity index is 155. The molecule has 0 aliphatic rings. The molecule has 56 valence electrons. The van der Waals surface area contributed by atoms with Crippen LogP contribution in [0.5, 0.6) is 0 Å². The second kappa shape index (κ2) is 4.04. The van der Waals surface area contributed by atoms with Crippen molar-refractivity contribution >= 4 is 10.1 Å². The topological polar surface area (TPSA) is 123 Å². The van der Waals surface area contributed by atoms with Gasteiger partial charge in [-0.2, -0.15) is 0 Å². The van der Waals surface area contributed by atoms with E-state index in [1.54, 1.807) is 0 Å². The van der Waals surface area contributed by atoms with Gasteiger partial charge in [0.05, 0.1) is 15.2 Å². The third-order valence-electron chi connectivity index (χ3n) is 0. The summed E-state index contributed by atoms with van der Waals surface area (Å²) in [6.45, 7) is 0. The zero-order chi connectivity index (χ0) is 8.08. The van der Waals surface area contributed by atoms with E-state index in [9.17, 15) is 0 Å². The molecule has 0 saturated carbocycles. The first-order valence-corrected chi connectivity index (χ1v) is 3.27. The maximum absolute atomic E-state index is 9.08. The van der Waals surface area contributed by atoms with Crippen LogP contribution < -0.4 is 0 Å². The van der Waals surface area contributed by atoms with Gasteiger partial charge in [0.15, 0.2) is 0 Å². The van der Waals surface area contributed by atoms with E-state index in [2.05, 4.69) is 0 Å². The minimum absolute atomic E-state index is 0.604. The van der Waals surface area contributed by atoms with Crippen LogP contribution in [0, 0.1) is 15.3 Å². The summed E-state index contributed by atoms with van der Waals surface area (Å²) in [4.78, 5) is 8.25. The molecule has 0 unspecified atom stereocenters. The molecule has 9 heavy (non-hydrogen) atoms. The fourth-order valence-corrected chi connectivity index (χ4v) is 0. The molecule has 0 spiro atoms. The quantitative estimate of drug-likeness (QED) is 0.250. The van der Waals surface area contributed by atoms with Gasteiger partial charge >= 0.3 is 0 Å². The fraction of sp³-hybridized carbons (Fsp3) is 1.00. The van der Waals surface area contributed by atoms with E-state index in [0.29, 0.717) is 6.26 Å². The molecule has 0 aromatic carbocycles. The lowest BCUT2D eigenvalue weighted by molar-refractivity contribution is -0.402. The van der Waals surface area contributed by atoms with Crippen molar-refractivity contribution < 1.29 is 18.1 Å². The predicted molar refractivity (Wildman–Crippen MR) is 26.0 cm³/mol. The van der Waals surface area contributed by atoms with Crippen molar-refractivity contribution in [1.29, 1.82) is 0 Å². The van der Waals surface area contributed by atoms with E-state index in [1.165, 1.54) is 0 Å². The molecule has 0 bridgehead atoms. The molecule has 0 fully saturated rings. The van der Waals surface area contributed by atoms with Gasteiger partial charge in [-0.05, 0) is 0 Å². The molecule has 0 aliphatic heterocycles. The minimum Gasteiger partial charge on any atom is -0.748 e. The molecule has 0 atom stereocenters. The van der Waals surface area contributed by atoms with Gasteiger partial charge in [0.2, 0.25) is 0 Å². The summed E-state index contributed by atoms with van der Waals surface area (Å²) in [6.07, 6.45) is 0.604. The van der Waals surface area contributed by atoms with Crippen molar-refractivity contribution in [2.24, 2.45) is 0 Å². The van der Waals surface area contributed by atoms with Gasteiger partial charge in [-0.15, -0.1) is 0 Å². The van der Waals surface area contributed by atoms with E-state index in [0.717, 1.165) is 0 Å². The Kier molecular flexibility index (Phi) is 4.92. The van der Waals surface area contributed by atoms with Gasteiger partial charge in [-0.1, -0.05) is 0 Å². The van der Waals surface area contributed by atoms with E-state index in [4.69, 9.17) is 28.3 Å². The van der Waals surface area contributed by atoms with Gasteiger partial charge < -0.3 is 19.9 Å². The Morgan fingerprint density at radius 3 is 1.33 bits per heavy atom. The van der Waals surface area contributed by atoms with Crippen LogP contribution in [0.4, 0.5) is 0 Å². The lowest BCUT2D eigenvalue weighted by Gasteiger charge is -1.90. The van der Waals surface area contributed by atoms with Gasteiger partial charge in [0.1, 0.15) is 0 Å². The van der Waals surface area contributed by atoms with Gasteiger partial charge in [-0.25, -0.2) is 8.42 Å². The van der Waals surface area contributed by atoms with Crippen LogP contribution in [0.3, 0.4) is 0 Å². The smallest absolute Gasteiger partial charge is 0.0916 e. The molecular weight excluding hydrogens is 154 g/mol. The highest BCUT2D eigenvalue weighted by Crippen LogP contribution is 1.59. The van der Waals surface area contributed by atoms with E-state index >= 15 is 0 Å². The van der Waals surface area contributed by atoms with Gasteiger partial charge in [0.25, 0.3) is 0 Å². The number of hydrogen-bond donors (Lipinski definition) is 0. The lowest BCUT2D eigenvalue weighted by atomic mass is 12.0. The Morgan fingerprint density at radius 1 is 1.33 bits per heavy atom. The van der Waals surface area contributed by atoms with Crippen LogP contribution >= 0.6 is 0 Å². The zero-order valence-corrected chi connectivity index (χ0v) is 5.12. The van der Waals surface area contributed by atoms with Crippen molar-refractivity contribution in [3.05, 3.63) is 15.3 Å². The Hall–Kier alpha value is -0.890. The summed E-state index contributed by atoms with van der Waals surface area (Å²) in [5.41, 5.74) is 0. The van der Waals surface area contributed by atoms with Crippen molar-refractivity contribution in [3.8, 4) is 0 Å². The molecule has 7 nitrogen and oxygen atoms in total. The SMILES string of the molecule is CS(=O)(=O)[O-].O=[N+]([O-])[O-]. The Morgan fingerprint density at radius 2 is 1.33 bits per heavy atom. The normalized spacial score (nSPS) is 9.11. The summed E-state index contributed by atoms with van der Waals surface area (Å²) in [5.74, 6) is 0. The molecule has 8 heteroatoms. The van der Waals surface area contributed by atoms with Crippen LogP contribution in [0.2, 0.25) is 0 Å². The number of hydrogen-bond acceptors (Lipinski definition) is 6. The highest BCUT2D eigenvalue weighted by atomic mass is 32.2. The fourth-order valence-electron chi connectivity index (χ4n) is 0. The first-order chi connectivity index (χ1) is 3.73. The monoisotopic (exact) mass is 157 g/mol. The van der Waals surface area contributed by atoms with Gasteiger partial charge in [0, 0.05) is 6.26 Å². The second-order valence-electron chi connectivity index (χ2n) is 0.928. The molecule has 0 amide bonds. The van der Waals surface area contributed by atoms with Crippen molar-refractivity contribution in [2.45, 2.75) is 0 Å². The third-order valence-corrected chi connectivity index (χ3v) is 0. The lowest BCUT2D eigenvalue weighted by Crippen LogP contribution is -1.88. The molecule has 0 heterocycles. The molecule has 0 aromatic heterocycles. The molecule has 0 rings (SSSR count). The van der Waals surface area contributed by atoms with Crippen LogP contribution in [0.1, 0.15) is 0 Å². The number of nitrogens with zero attached hydrogens (tertiary/aromatic N) is 1. The molecule has 0 N–H and O–H groups in total. The predicted octanol–water partition coefficient (Wildman–Crippen LogP) is -1.08. The van der Waals surface area contributed by atoms with Crippen molar-refractivity contribution in [3.63, 3.8) is 0 Å². The van der Waals surface area contributed by atoms with Crippen LogP contribution in [0.15, 0.2) is 0 Å². The Labute approximate surface area is 50.8 Å². The minimum atomic E-state index is -3.92. The van der Waals surface area contributed by atoms with E-state index in [1.807, 2.05) is 0 Å². The maximum Gasteiger partial charge on any atom is 0.0916 e. The maximum atomic E-state index is 9.08. The van der Waals surface area contributed by atoms with Crippen LogP contribution in [0.25, 0.3) is 0 Å². The largest absolute Gasteiger partial charge is 0.748 e. The van der Waals surface area contributed by atoms with Crippen LogP contribution in [-0.2, 0) is 10.1 Å². The van der Waals surface area contributed by atoms with Crippen LogP contribution in [-0.4, -0.2) is 24.3 Å². The molecule has 0 aliphatic carbocycles. The average Bonchev–Trinajstić information content (AvgIpc) is 1.19. The first-order valence-electron chi connectivity index (χ1n) is 1.46. The highest BCUT2D eigenvalue weighted by molar-refractivity contribution is 7.84. The summed E-state index contributed by atoms with van der Waals surface area (Å²) < 4.78 is 27.2. The first kappa shape index (κ1) is 11.0. The van der Waals surface area contributed by atoms with Crippen molar-refractivity contribution in [2.75, 3.05) is 6.26 Å². The molecule has 0 radical (unpaired) electrons. The average molecular weight is 157 g/mol. The standard InChI is InChI=1S/CH4O3S.NO3/c1-5(2,3)4;2-1(3)4/h1H3,(H,2,3,4);/q;-1/p-1. The summed E-state index contributed by atoms with van der Waals surface area (Å²) in [7, 11) is -3.92. The molecule has 0 saturated heterocycles. The second-order valence-corrected chi connectivity index (χ2v) is 2.34. The molecule has 0 aromatic rings.